The molecule has 1 heteroatoms. The quantitative estimate of drug-likeness (QED) is 0.805. The normalized spacial score (nSPS) is 24.6. The van der Waals surface area contributed by atoms with Gasteiger partial charge in [0.15, 0.2) is 0 Å². The molecule has 1 aromatic carbocycles. The molecule has 94 valence electrons. The Labute approximate surface area is 106 Å². The zero-order valence-corrected chi connectivity index (χ0v) is 11.4. The van der Waals surface area contributed by atoms with Crippen molar-refractivity contribution in [1.29, 1.82) is 0 Å². The number of rotatable bonds is 3. The molecule has 2 rings (SSSR count). The van der Waals surface area contributed by atoms with Crippen LogP contribution in [0.1, 0.15) is 50.7 Å². The fourth-order valence-electron chi connectivity index (χ4n) is 2.89. The van der Waals surface area contributed by atoms with Crippen molar-refractivity contribution in [2.24, 2.45) is 5.92 Å². The molecule has 17 heavy (non-hydrogen) atoms. The third-order valence-corrected chi connectivity index (χ3v) is 4.19. The SMILES string of the molecule is CCc1cc(NC2CCCCC2C)ccc1C. The van der Waals surface area contributed by atoms with Crippen LogP contribution in [0.2, 0.25) is 0 Å². The number of hydrogen-bond acceptors (Lipinski definition) is 1. The second-order valence-electron chi connectivity index (χ2n) is 5.51. The Balaban J connectivity index is 2.07. The fourth-order valence-corrected chi connectivity index (χ4v) is 2.89. The van der Waals surface area contributed by atoms with Gasteiger partial charge in [0.1, 0.15) is 0 Å². The van der Waals surface area contributed by atoms with Gasteiger partial charge in [0.05, 0.1) is 0 Å². The molecule has 1 aliphatic carbocycles. The van der Waals surface area contributed by atoms with Gasteiger partial charge in [0.2, 0.25) is 0 Å². The van der Waals surface area contributed by atoms with Gasteiger partial charge in [-0.05, 0) is 55.4 Å². The Bertz CT molecular complexity index is 370. The third-order valence-electron chi connectivity index (χ3n) is 4.19. The third kappa shape index (κ3) is 3.02. The van der Waals surface area contributed by atoms with Gasteiger partial charge in [-0.2, -0.15) is 0 Å². The molecule has 0 amide bonds. The first-order valence-corrected chi connectivity index (χ1v) is 7.06. The minimum atomic E-state index is 0.677. The number of aryl methyl sites for hydroxylation is 2. The highest BCUT2D eigenvalue weighted by molar-refractivity contribution is 5.49. The van der Waals surface area contributed by atoms with E-state index in [-0.39, 0.29) is 0 Å². The Morgan fingerprint density at radius 2 is 2.00 bits per heavy atom. The molecule has 1 aromatic rings. The Morgan fingerprint density at radius 1 is 1.24 bits per heavy atom. The highest BCUT2D eigenvalue weighted by atomic mass is 14.9. The highest BCUT2D eigenvalue weighted by Crippen LogP contribution is 2.27. The van der Waals surface area contributed by atoms with Crippen LogP contribution in [0.25, 0.3) is 0 Å². The minimum absolute atomic E-state index is 0.677. The molecular formula is C16H25N. The smallest absolute Gasteiger partial charge is 0.0345 e. The van der Waals surface area contributed by atoms with Crippen molar-refractivity contribution in [1.82, 2.24) is 0 Å². The van der Waals surface area contributed by atoms with Gasteiger partial charge < -0.3 is 5.32 Å². The van der Waals surface area contributed by atoms with E-state index in [2.05, 4.69) is 44.3 Å². The van der Waals surface area contributed by atoms with Gasteiger partial charge >= 0.3 is 0 Å². The van der Waals surface area contributed by atoms with Crippen molar-refractivity contribution in [3.8, 4) is 0 Å². The fraction of sp³-hybridized carbons (Fsp3) is 0.625. The summed E-state index contributed by atoms with van der Waals surface area (Å²) in [5.41, 5.74) is 4.19. The van der Waals surface area contributed by atoms with Crippen LogP contribution in [0.3, 0.4) is 0 Å². The van der Waals surface area contributed by atoms with Gasteiger partial charge in [0.25, 0.3) is 0 Å². The lowest BCUT2D eigenvalue weighted by molar-refractivity contribution is 0.349. The molecule has 2 unspecified atom stereocenters. The summed E-state index contributed by atoms with van der Waals surface area (Å²) in [7, 11) is 0. The van der Waals surface area contributed by atoms with E-state index in [0.717, 1.165) is 12.3 Å². The summed E-state index contributed by atoms with van der Waals surface area (Å²) in [5.74, 6) is 0.815. The summed E-state index contributed by atoms with van der Waals surface area (Å²) in [6, 6.07) is 7.48. The molecule has 0 aromatic heterocycles. The Hall–Kier alpha value is -0.980. The molecule has 1 fully saturated rings. The van der Waals surface area contributed by atoms with Crippen molar-refractivity contribution in [2.75, 3.05) is 5.32 Å². The summed E-state index contributed by atoms with van der Waals surface area (Å²) in [5, 5.41) is 3.73. The summed E-state index contributed by atoms with van der Waals surface area (Å²) in [6.07, 6.45) is 6.63. The van der Waals surface area contributed by atoms with Gasteiger partial charge in [-0.1, -0.05) is 32.8 Å². The Kier molecular flexibility index (Phi) is 4.09. The Morgan fingerprint density at radius 3 is 2.71 bits per heavy atom. The number of hydrogen-bond donors (Lipinski definition) is 1. The lowest BCUT2D eigenvalue weighted by Crippen LogP contribution is -2.30. The molecule has 0 saturated heterocycles. The van der Waals surface area contributed by atoms with Crippen LogP contribution >= 0.6 is 0 Å². The number of nitrogens with one attached hydrogen (secondary N) is 1. The second-order valence-corrected chi connectivity index (χ2v) is 5.51. The highest BCUT2D eigenvalue weighted by Gasteiger charge is 2.20. The molecule has 0 bridgehead atoms. The van der Waals surface area contributed by atoms with Crippen molar-refractivity contribution in [2.45, 2.75) is 58.9 Å². The van der Waals surface area contributed by atoms with Crippen molar-refractivity contribution < 1.29 is 0 Å². The summed E-state index contributed by atoms with van der Waals surface area (Å²) >= 11 is 0. The predicted molar refractivity (Wildman–Crippen MR) is 75.6 cm³/mol. The molecule has 0 aliphatic heterocycles. The average molecular weight is 231 g/mol. The number of benzene rings is 1. The molecule has 1 nitrogen and oxygen atoms in total. The molecular weight excluding hydrogens is 206 g/mol. The van der Waals surface area contributed by atoms with Crippen LogP contribution < -0.4 is 5.32 Å². The molecule has 0 heterocycles. The van der Waals surface area contributed by atoms with E-state index in [1.165, 1.54) is 42.5 Å². The van der Waals surface area contributed by atoms with E-state index in [9.17, 15) is 0 Å². The van der Waals surface area contributed by atoms with Crippen molar-refractivity contribution in [3.05, 3.63) is 29.3 Å². The van der Waals surface area contributed by atoms with E-state index in [4.69, 9.17) is 0 Å². The molecule has 0 radical (unpaired) electrons. The largest absolute Gasteiger partial charge is 0.382 e. The first-order valence-electron chi connectivity index (χ1n) is 7.06. The lowest BCUT2D eigenvalue weighted by atomic mass is 9.86. The maximum Gasteiger partial charge on any atom is 0.0345 e. The lowest BCUT2D eigenvalue weighted by Gasteiger charge is -2.30. The summed E-state index contributed by atoms with van der Waals surface area (Å²) in [4.78, 5) is 0. The predicted octanol–water partition coefficient (Wildman–Crippen LogP) is 4.55. The van der Waals surface area contributed by atoms with E-state index in [1.54, 1.807) is 0 Å². The molecule has 1 saturated carbocycles. The first kappa shape index (κ1) is 12.5. The van der Waals surface area contributed by atoms with Crippen LogP contribution in [0.5, 0.6) is 0 Å². The van der Waals surface area contributed by atoms with Gasteiger partial charge in [-0.3, -0.25) is 0 Å². The van der Waals surface area contributed by atoms with Crippen LogP contribution in [0.15, 0.2) is 18.2 Å². The van der Waals surface area contributed by atoms with Gasteiger partial charge in [-0.25, -0.2) is 0 Å². The van der Waals surface area contributed by atoms with E-state index in [0.29, 0.717) is 6.04 Å². The number of anilines is 1. The van der Waals surface area contributed by atoms with E-state index >= 15 is 0 Å². The van der Waals surface area contributed by atoms with Gasteiger partial charge in [0, 0.05) is 11.7 Å². The first-order chi connectivity index (χ1) is 8.20. The molecule has 1 N–H and O–H groups in total. The zero-order valence-electron chi connectivity index (χ0n) is 11.4. The minimum Gasteiger partial charge on any atom is -0.382 e. The summed E-state index contributed by atoms with van der Waals surface area (Å²) in [6.45, 7) is 6.81. The maximum atomic E-state index is 3.73. The maximum absolute atomic E-state index is 3.73. The van der Waals surface area contributed by atoms with Crippen molar-refractivity contribution in [3.63, 3.8) is 0 Å². The van der Waals surface area contributed by atoms with Crippen LogP contribution in [-0.2, 0) is 6.42 Å². The van der Waals surface area contributed by atoms with E-state index < -0.39 is 0 Å². The van der Waals surface area contributed by atoms with Crippen molar-refractivity contribution >= 4 is 5.69 Å². The van der Waals surface area contributed by atoms with Crippen LogP contribution in [0, 0.1) is 12.8 Å². The van der Waals surface area contributed by atoms with Gasteiger partial charge in [-0.15, -0.1) is 0 Å². The monoisotopic (exact) mass is 231 g/mol. The van der Waals surface area contributed by atoms with Crippen LogP contribution in [0.4, 0.5) is 5.69 Å². The molecule has 0 spiro atoms. The second kappa shape index (κ2) is 5.57. The standard InChI is InChI=1S/C16H25N/c1-4-14-11-15(10-9-12(14)2)17-16-8-6-5-7-13(16)3/h9-11,13,16-17H,4-8H2,1-3H3. The van der Waals surface area contributed by atoms with Crippen LogP contribution in [-0.4, -0.2) is 6.04 Å². The molecule has 2 atom stereocenters. The molecule has 1 aliphatic rings. The van der Waals surface area contributed by atoms with E-state index in [1.807, 2.05) is 0 Å². The zero-order chi connectivity index (χ0) is 12.3. The topological polar surface area (TPSA) is 12.0 Å². The average Bonchev–Trinajstić information content (AvgIpc) is 2.34. The summed E-state index contributed by atoms with van der Waals surface area (Å²) < 4.78 is 0.